The van der Waals surface area contributed by atoms with E-state index in [4.69, 9.17) is 14.9 Å². The third-order valence-corrected chi connectivity index (χ3v) is 3.43. The molecule has 0 bridgehead atoms. The van der Waals surface area contributed by atoms with Crippen LogP contribution in [-0.2, 0) is 16.1 Å². The predicted molar refractivity (Wildman–Crippen MR) is 71.3 cm³/mol. The Balaban J connectivity index is 1.48. The molecule has 106 valence electrons. The highest BCUT2D eigenvalue weighted by Crippen LogP contribution is 2.23. The van der Waals surface area contributed by atoms with E-state index < -0.39 is 0 Å². The average Bonchev–Trinajstić information content (AvgIpc) is 3.04. The van der Waals surface area contributed by atoms with Gasteiger partial charge >= 0.3 is 0 Å². The second-order valence-corrected chi connectivity index (χ2v) is 5.05. The van der Waals surface area contributed by atoms with Crippen molar-refractivity contribution in [1.82, 2.24) is 5.32 Å². The molecule has 1 fully saturated rings. The van der Waals surface area contributed by atoms with Gasteiger partial charge in [0.25, 0.3) is 0 Å². The van der Waals surface area contributed by atoms with Crippen molar-refractivity contribution in [2.45, 2.75) is 38.3 Å². The Hall–Kier alpha value is -1.33. The molecule has 5 heteroatoms. The number of rotatable bonds is 7. The highest BCUT2D eigenvalue weighted by Gasteiger charge is 2.27. The van der Waals surface area contributed by atoms with Crippen LogP contribution in [-0.4, -0.2) is 25.1 Å². The molecule has 2 rings (SSSR count). The first-order valence-electron chi connectivity index (χ1n) is 6.89. The van der Waals surface area contributed by atoms with Crippen LogP contribution in [0.3, 0.4) is 0 Å². The zero-order valence-corrected chi connectivity index (χ0v) is 11.1. The van der Waals surface area contributed by atoms with Gasteiger partial charge in [-0.05, 0) is 37.8 Å². The van der Waals surface area contributed by atoms with Gasteiger partial charge in [0.05, 0.1) is 6.26 Å². The number of nitrogens with one attached hydrogen (secondary N) is 1. The highest BCUT2D eigenvalue weighted by atomic mass is 16.5. The van der Waals surface area contributed by atoms with Crippen molar-refractivity contribution in [3.8, 4) is 0 Å². The summed E-state index contributed by atoms with van der Waals surface area (Å²) >= 11 is 0. The molecule has 0 radical (unpaired) electrons. The quantitative estimate of drug-likeness (QED) is 0.732. The number of hydrogen-bond acceptors (Lipinski definition) is 4. The molecule has 19 heavy (non-hydrogen) atoms. The fourth-order valence-electron chi connectivity index (χ4n) is 2.35. The Bertz CT molecular complexity index is 378. The smallest absolute Gasteiger partial charge is 0.223 e. The molecule has 0 saturated heterocycles. The van der Waals surface area contributed by atoms with Gasteiger partial charge in [-0.1, -0.05) is 0 Å². The van der Waals surface area contributed by atoms with Gasteiger partial charge < -0.3 is 20.2 Å². The lowest BCUT2D eigenvalue weighted by molar-refractivity contribution is -0.124. The van der Waals surface area contributed by atoms with Crippen molar-refractivity contribution in [2.75, 3.05) is 13.2 Å². The first-order chi connectivity index (χ1) is 9.25. The third-order valence-electron chi connectivity index (χ3n) is 3.43. The Kier molecular flexibility index (Phi) is 5.42. The highest BCUT2D eigenvalue weighted by molar-refractivity contribution is 5.78. The summed E-state index contributed by atoms with van der Waals surface area (Å²) in [5.74, 6) is 1.07. The summed E-state index contributed by atoms with van der Waals surface area (Å²) in [6, 6.07) is 3.92. The minimum Gasteiger partial charge on any atom is -0.467 e. The number of furan rings is 1. The average molecular weight is 266 g/mol. The van der Waals surface area contributed by atoms with Crippen LogP contribution in [0.4, 0.5) is 0 Å². The van der Waals surface area contributed by atoms with Gasteiger partial charge in [-0.25, -0.2) is 0 Å². The summed E-state index contributed by atoms with van der Waals surface area (Å²) in [4.78, 5) is 11.8. The van der Waals surface area contributed by atoms with Gasteiger partial charge in [-0.2, -0.15) is 0 Å². The first kappa shape index (κ1) is 14.1. The molecule has 2 atom stereocenters. The van der Waals surface area contributed by atoms with Crippen LogP contribution in [0.25, 0.3) is 0 Å². The van der Waals surface area contributed by atoms with E-state index in [1.54, 1.807) is 6.26 Å². The Morgan fingerprint density at radius 3 is 3.11 bits per heavy atom. The Labute approximate surface area is 113 Å². The second-order valence-electron chi connectivity index (χ2n) is 5.05. The molecule has 1 aromatic heterocycles. The molecule has 1 aromatic rings. The van der Waals surface area contributed by atoms with Gasteiger partial charge in [0.15, 0.2) is 0 Å². The minimum absolute atomic E-state index is 0.110. The van der Waals surface area contributed by atoms with E-state index in [9.17, 15) is 4.79 Å². The van der Waals surface area contributed by atoms with Crippen LogP contribution in [0.15, 0.2) is 22.8 Å². The Morgan fingerprint density at radius 1 is 1.53 bits per heavy atom. The molecular weight excluding hydrogens is 244 g/mol. The molecule has 0 aromatic carbocycles. The summed E-state index contributed by atoms with van der Waals surface area (Å²) in [6.07, 6.45) is 5.14. The normalized spacial score (nSPS) is 22.6. The number of ether oxygens (including phenoxy) is 1. The van der Waals surface area contributed by atoms with E-state index in [-0.39, 0.29) is 17.9 Å². The molecule has 2 unspecified atom stereocenters. The second kappa shape index (κ2) is 7.31. The van der Waals surface area contributed by atoms with Crippen molar-refractivity contribution < 1.29 is 13.9 Å². The van der Waals surface area contributed by atoms with Crippen LogP contribution in [0.2, 0.25) is 0 Å². The van der Waals surface area contributed by atoms with Crippen LogP contribution in [0, 0.1) is 5.92 Å². The monoisotopic (exact) mass is 266 g/mol. The third kappa shape index (κ3) is 4.69. The molecule has 1 amide bonds. The van der Waals surface area contributed by atoms with E-state index >= 15 is 0 Å². The number of nitrogens with two attached hydrogens (primary N) is 1. The fourth-order valence-corrected chi connectivity index (χ4v) is 2.35. The van der Waals surface area contributed by atoms with Gasteiger partial charge in [0.2, 0.25) is 5.91 Å². The molecule has 3 N–H and O–H groups in total. The number of carbonyl (C=O) groups excluding carboxylic acids is 1. The van der Waals surface area contributed by atoms with Gasteiger partial charge in [-0.15, -0.1) is 0 Å². The van der Waals surface area contributed by atoms with Gasteiger partial charge in [-0.3, -0.25) is 4.79 Å². The van der Waals surface area contributed by atoms with Crippen molar-refractivity contribution in [2.24, 2.45) is 11.7 Å². The summed E-state index contributed by atoms with van der Waals surface area (Å²) in [6.45, 7) is 1.76. The minimum atomic E-state index is 0.110. The van der Waals surface area contributed by atoms with E-state index in [0.717, 1.165) is 31.4 Å². The maximum absolute atomic E-state index is 11.8. The topological polar surface area (TPSA) is 77.5 Å². The molecule has 0 aliphatic heterocycles. The largest absolute Gasteiger partial charge is 0.467 e. The molecule has 5 nitrogen and oxygen atoms in total. The number of carbonyl (C=O) groups is 1. The van der Waals surface area contributed by atoms with Crippen LogP contribution >= 0.6 is 0 Å². The lowest BCUT2D eigenvalue weighted by atomic mass is 10.1. The fraction of sp³-hybridized carbons (Fsp3) is 0.643. The van der Waals surface area contributed by atoms with Crippen molar-refractivity contribution in [3.05, 3.63) is 24.2 Å². The summed E-state index contributed by atoms with van der Waals surface area (Å²) in [5, 5.41) is 2.94. The first-order valence-corrected chi connectivity index (χ1v) is 6.89. The predicted octanol–water partition coefficient (Wildman–Crippen LogP) is 1.43. The van der Waals surface area contributed by atoms with Crippen LogP contribution < -0.4 is 11.1 Å². The van der Waals surface area contributed by atoms with E-state index in [1.807, 2.05) is 12.1 Å². The zero-order chi connectivity index (χ0) is 13.5. The molecular formula is C14H22N2O3. The molecule has 1 saturated carbocycles. The molecule has 1 aliphatic carbocycles. The van der Waals surface area contributed by atoms with E-state index in [2.05, 4.69) is 5.32 Å². The maximum atomic E-state index is 11.8. The molecule has 0 spiro atoms. The van der Waals surface area contributed by atoms with Crippen molar-refractivity contribution in [1.29, 1.82) is 0 Å². The number of amides is 1. The SMILES string of the molecule is NC1CCC(C(=O)NCCCOCc2ccco2)C1. The van der Waals surface area contributed by atoms with Gasteiger partial charge in [0, 0.05) is 25.1 Å². The van der Waals surface area contributed by atoms with E-state index in [1.165, 1.54) is 0 Å². The maximum Gasteiger partial charge on any atom is 0.223 e. The van der Waals surface area contributed by atoms with Crippen molar-refractivity contribution in [3.63, 3.8) is 0 Å². The lowest BCUT2D eigenvalue weighted by Crippen LogP contribution is -2.31. The molecule has 1 aliphatic rings. The summed E-state index contributed by atoms with van der Waals surface area (Å²) < 4.78 is 10.6. The van der Waals surface area contributed by atoms with Crippen molar-refractivity contribution >= 4 is 5.91 Å². The number of hydrogen-bond donors (Lipinski definition) is 2. The van der Waals surface area contributed by atoms with Crippen LogP contribution in [0.1, 0.15) is 31.4 Å². The van der Waals surface area contributed by atoms with E-state index in [0.29, 0.717) is 19.8 Å². The van der Waals surface area contributed by atoms with Gasteiger partial charge in [0.1, 0.15) is 12.4 Å². The Morgan fingerprint density at radius 2 is 2.42 bits per heavy atom. The summed E-state index contributed by atoms with van der Waals surface area (Å²) in [5.41, 5.74) is 5.79. The molecule has 1 heterocycles. The lowest BCUT2D eigenvalue weighted by Gasteiger charge is -2.10. The summed E-state index contributed by atoms with van der Waals surface area (Å²) in [7, 11) is 0. The van der Waals surface area contributed by atoms with Crippen LogP contribution in [0.5, 0.6) is 0 Å². The zero-order valence-electron chi connectivity index (χ0n) is 11.1. The standard InChI is InChI=1S/C14H22N2O3/c15-12-5-4-11(9-12)14(17)16-6-2-7-18-10-13-3-1-8-19-13/h1,3,8,11-12H,2,4-7,9-10,15H2,(H,16,17).